The molecule has 2 N–H and O–H groups in total. The molecule has 1 aromatic heterocycles. The number of aromatic nitrogens is 2. The first kappa shape index (κ1) is 24.6. The SMILES string of the molecule is CC(C)(N)C(=O)N1CC(c2ccc(OC(F)(F)F)cc2)CC(c2nc(-c3cccc(F)c3)no2)C1. The normalized spacial score (nSPS) is 19.0. The van der Waals surface area contributed by atoms with E-state index in [4.69, 9.17) is 10.3 Å². The van der Waals surface area contributed by atoms with E-state index < -0.39 is 17.7 Å². The van der Waals surface area contributed by atoms with E-state index in [1.165, 1.54) is 42.5 Å². The van der Waals surface area contributed by atoms with Crippen molar-refractivity contribution in [3.8, 4) is 17.1 Å². The Balaban J connectivity index is 1.61. The largest absolute Gasteiger partial charge is 0.573 e. The van der Waals surface area contributed by atoms with E-state index in [-0.39, 0.29) is 41.8 Å². The molecule has 1 fully saturated rings. The lowest BCUT2D eigenvalue weighted by Gasteiger charge is -2.39. The molecule has 1 saturated heterocycles. The van der Waals surface area contributed by atoms with Crippen molar-refractivity contribution in [3.05, 3.63) is 65.8 Å². The fraction of sp³-hybridized carbons (Fsp3) is 0.375. The summed E-state index contributed by atoms with van der Waals surface area (Å²) in [5, 5.41) is 3.96. The number of amides is 1. The number of hydrogen-bond acceptors (Lipinski definition) is 6. The number of rotatable bonds is 5. The van der Waals surface area contributed by atoms with Gasteiger partial charge in [0.25, 0.3) is 0 Å². The molecule has 35 heavy (non-hydrogen) atoms. The highest BCUT2D eigenvalue weighted by Crippen LogP contribution is 2.37. The molecule has 0 spiro atoms. The minimum atomic E-state index is -4.79. The molecule has 0 radical (unpaired) electrons. The Hall–Kier alpha value is -3.47. The Morgan fingerprint density at radius 1 is 1.11 bits per heavy atom. The Bertz CT molecular complexity index is 1190. The third-order valence-corrected chi connectivity index (χ3v) is 5.75. The van der Waals surface area contributed by atoms with Crippen molar-refractivity contribution in [3.63, 3.8) is 0 Å². The molecular weight excluding hydrogens is 468 g/mol. The van der Waals surface area contributed by atoms with Gasteiger partial charge in [-0.1, -0.05) is 29.4 Å². The standard InChI is InChI=1S/C24H24F4N4O3/c1-23(2,29)22(33)32-12-16(14-6-8-19(9-7-14)34-24(26,27)28)10-17(13-32)21-30-20(31-35-21)15-4-3-5-18(25)11-15/h3-9,11,16-17H,10,12-13,29H2,1-2H3. The molecule has 2 heterocycles. The summed E-state index contributed by atoms with van der Waals surface area (Å²) < 4.78 is 60.6. The maximum absolute atomic E-state index is 13.6. The highest BCUT2D eigenvalue weighted by Gasteiger charge is 2.38. The zero-order valence-electron chi connectivity index (χ0n) is 19.1. The number of nitrogens with two attached hydrogens (primary N) is 1. The average Bonchev–Trinajstić information content (AvgIpc) is 3.28. The second kappa shape index (κ2) is 9.29. The summed E-state index contributed by atoms with van der Waals surface area (Å²) in [7, 11) is 0. The second-order valence-electron chi connectivity index (χ2n) is 9.14. The van der Waals surface area contributed by atoms with Crippen molar-refractivity contribution in [1.29, 1.82) is 0 Å². The monoisotopic (exact) mass is 492 g/mol. The molecule has 11 heteroatoms. The van der Waals surface area contributed by atoms with Gasteiger partial charge < -0.3 is 19.9 Å². The molecule has 7 nitrogen and oxygen atoms in total. The van der Waals surface area contributed by atoms with Gasteiger partial charge in [-0.05, 0) is 50.1 Å². The lowest BCUT2D eigenvalue weighted by Crippen LogP contribution is -2.54. The van der Waals surface area contributed by atoms with Crippen LogP contribution in [0.1, 0.15) is 43.6 Å². The Labute approximate surface area is 198 Å². The number of hydrogen-bond donors (Lipinski definition) is 1. The first-order valence-corrected chi connectivity index (χ1v) is 10.9. The van der Waals surface area contributed by atoms with Crippen LogP contribution in [0.25, 0.3) is 11.4 Å². The summed E-state index contributed by atoms with van der Waals surface area (Å²) in [4.78, 5) is 19.0. The van der Waals surface area contributed by atoms with Crippen molar-refractivity contribution >= 4 is 5.91 Å². The van der Waals surface area contributed by atoms with Gasteiger partial charge in [-0.2, -0.15) is 4.98 Å². The van der Waals surface area contributed by atoms with E-state index >= 15 is 0 Å². The van der Waals surface area contributed by atoms with E-state index in [2.05, 4.69) is 14.9 Å². The van der Waals surface area contributed by atoms with Gasteiger partial charge in [0.05, 0.1) is 11.5 Å². The van der Waals surface area contributed by atoms with Gasteiger partial charge >= 0.3 is 6.36 Å². The number of carbonyl (C=O) groups excluding carboxylic acids is 1. The number of benzene rings is 2. The van der Waals surface area contributed by atoms with E-state index in [0.29, 0.717) is 18.5 Å². The average molecular weight is 492 g/mol. The lowest BCUT2D eigenvalue weighted by atomic mass is 9.83. The summed E-state index contributed by atoms with van der Waals surface area (Å²) in [5.74, 6) is -1.15. The van der Waals surface area contributed by atoms with Crippen LogP contribution in [0.4, 0.5) is 17.6 Å². The smallest absolute Gasteiger partial charge is 0.406 e. The number of carbonyl (C=O) groups is 1. The lowest BCUT2D eigenvalue weighted by molar-refractivity contribution is -0.274. The quantitative estimate of drug-likeness (QED) is 0.523. The van der Waals surface area contributed by atoms with Crippen LogP contribution in [0.5, 0.6) is 5.75 Å². The molecule has 2 aromatic carbocycles. The number of piperidine rings is 1. The third kappa shape index (κ3) is 5.97. The molecule has 2 atom stereocenters. The zero-order chi connectivity index (χ0) is 25.4. The summed E-state index contributed by atoms with van der Waals surface area (Å²) >= 11 is 0. The van der Waals surface area contributed by atoms with E-state index in [9.17, 15) is 22.4 Å². The predicted octanol–water partition coefficient (Wildman–Crippen LogP) is 4.61. The minimum Gasteiger partial charge on any atom is -0.406 e. The van der Waals surface area contributed by atoms with Crippen molar-refractivity contribution in [1.82, 2.24) is 15.0 Å². The molecule has 1 aliphatic rings. The molecule has 0 saturated carbocycles. The van der Waals surface area contributed by atoms with Crippen molar-refractivity contribution in [2.75, 3.05) is 13.1 Å². The van der Waals surface area contributed by atoms with E-state index in [1.807, 2.05) is 0 Å². The summed E-state index contributed by atoms with van der Waals surface area (Å²) in [6.07, 6.45) is -4.29. The highest BCUT2D eigenvalue weighted by atomic mass is 19.4. The molecule has 1 aliphatic heterocycles. The van der Waals surface area contributed by atoms with Crippen LogP contribution in [0, 0.1) is 5.82 Å². The van der Waals surface area contributed by atoms with Crippen LogP contribution in [0.2, 0.25) is 0 Å². The van der Waals surface area contributed by atoms with Gasteiger partial charge in [0.2, 0.25) is 17.6 Å². The van der Waals surface area contributed by atoms with Crippen LogP contribution >= 0.6 is 0 Å². The van der Waals surface area contributed by atoms with E-state index in [1.54, 1.807) is 24.8 Å². The Morgan fingerprint density at radius 3 is 2.43 bits per heavy atom. The maximum Gasteiger partial charge on any atom is 0.573 e. The van der Waals surface area contributed by atoms with Crippen LogP contribution in [0.15, 0.2) is 53.1 Å². The summed E-state index contributed by atoms with van der Waals surface area (Å²) in [5.41, 5.74) is 6.09. The van der Waals surface area contributed by atoms with Gasteiger partial charge in [0, 0.05) is 24.6 Å². The molecule has 2 unspecified atom stereocenters. The van der Waals surface area contributed by atoms with Crippen molar-refractivity contribution < 1.29 is 31.6 Å². The fourth-order valence-corrected chi connectivity index (χ4v) is 4.18. The zero-order valence-corrected chi connectivity index (χ0v) is 19.1. The summed E-state index contributed by atoms with van der Waals surface area (Å²) in [6, 6.07) is 11.3. The molecule has 0 bridgehead atoms. The number of nitrogens with zero attached hydrogens (tertiary/aromatic N) is 3. The van der Waals surface area contributed by atoms with Gasteiger partial charge in [0.1, 0.15) is 11.6 Å². The first-order chi connectivity index (χ1) is 16.4. The molecule has 3 aromatic rings. The molecule has 186 valence electrons. The highest BCUT2D eigenvalue weighted by molar-refractivity contribution is 5.85. The Morgan fingerprint density at radius 2 is 1.80 bits per heavy atom. The maximum atomic E-state index is 13.6. The predicted molar refractivity (Wildman–Crippen MR) is 118 cm³/mol. The van der Waals surface area contributed by atoms with Crippen LogP contribution in [-0.4, -0.2) is 45.9 Å². The van der Waals surface area contributed by atoms with Gasteiger partial charge in [0.15, 0.2) is 0 Å². The minimum absolute atomic E-state index is 0.215. The fourth-order valence-electron chi connectivity index (χ4n) is 4.18. The van der Waals surface area contributed by atoms with Gasteiger partial charge in [-0.15, -0.1) is 13.2 Å². The molecule has 4 rings (SSSR count). The number of alkyl halides is 3. The topological polar surface area (TPSA) is 94.5 Å². The van der Waals surface area contributed by atoms with Crippen LogP contribution in [-0.2, 0) is 4.79 Å². The molecule has 0 aliphatic carbocycles. The number of likely N-dealkylation sites (tertiary alicyclic amines) is 1. The molecule has 1 amide bonds. The van der Waals surface area contributed by atoms with Gasteiger partial charge in [-0.25, -0.2) is 4.39 Å². The number of halogens is 4. The summed E-state index contributed by atoms with van der Waals surface area (Å²) in [6.45, 7) is 3.80. The third-order valence-electron chi connectivity index (χ3n) is 5.75. The van der Waals surface area contributed by atoms with Gasteiger partial charge in [-0.3, -0.25) is 4.79 Å². The Kier molecular flexibility index (Phi) is 6.54. The van der Waals surface area contributed by atoms with Crippen molar-refractivity contribution in [2.24, 2.45) is 5.73 Å². The second-order valence-corrected chi connectivity index (χ2v) is 9.14. The van der Waals surface area contributed by atoms with E-state index in [0.717, 1.165) is 5.56 Å². The van der Waals surface area contributed by atoms with Crippen LogP contribution in [0.3, 0.4) is 0 Å². The first-order valence-electron chi connectivity index (χ1n) is 10.9. The van der Waals surface area contributed by atoms with Crippen molar-refractivity contribution in [2.45, 2.75) is 44.0 Å². The van der Waals surface area contributed by atoms with Crippen LogP contribution < -0.4 is 10.5 Å². The molecular formula is C24H24F4N4O3. The number of ether oxygens (including phenoxy) is 1.